The summed E-state index contributed by atoms with van der Waals surface area (Å²) in [6.07, 6.45) is 0.939. The maximum absolute atomic E-state index is 11.8. The molecule has 0 radical (unpaired) electrons. The highest BCUT2D eigenvalue weighted by atomic mass is 16.9. The lowest BCUT2D eigenvalue weighted by molar-refractivity contribution is -0.322. The molecule has 0 saturated carbocycles. The van der Waals surface area contributed by atoms with Crippen LogP contribution in [0.15, 0.2) is 24.3 Å². The quantitative estimate of drug-likeness (QED) is 0.552. The van der Waals surface area contributed by atoms with Crippen LogP contribution >= 0.6 is 0 Å². The largest absolute Gasteiger partial charge is 0.438 e. The molecule has 0 fully saturated rings. The number of Topliss-reactive ketones (excluding diaryl/α,β-unsaturated/α-hetero) is 1. The molecule has 1 rings (SSSR count). The maximum Gasteiger partial charge on any atom is 0.326 e. The third-order valence-corrected chi connectivity index (χ3v) is 2.83. The fraction of sp³-hybridized carbons (Fsp3) is 0.500. The molecule has 4 nitrogen and oxygen atoms in total. The van der Waals surface area contributed by atoms with Crippen LogP contribution in [0.25, 0.3) is 0 Å². The second-order valence-corrected chi connectivity index (χ2v) is 3.82. The zero-order valence-electron chi connectivity index (χ0n) is 11.4. The van der Waals surface area contributed by atoms with Crippen molar-refractivity contribution in [2.45, 2.75) is 32.7 Å². The number of para-hydroxylation sites is 1. The number of rotatable bonds is 7. The molecule has 0 bridgehead atoms. The van der Waals surface area contributed by atoms with Crippen molar-refractivity contribution in [2.24, 2.45) is 0 Å². The Kier molecular flexibility index (Phi) is 5.31. The minimum absolute atomic E-state index is 0.0304. The van der Waals surface area contributed by atoms with Gasteiger partial charge in [-0.25, -0.2) is 0 Å². The van der Waals surface area contributed by atoms with E-state index in [1.807, 2.05) is 26.0 Å². The summed E-state index contributed by atoms with van der Waals surface area (Å²) < 4.78 is 16.2. The molecule has 0 saturated heterocycles. The Morgan fingerprint density at radius 1 is 1.17 bits per heavy atom. The number of ketones is 1. The van der Waals surface area contributed by atoms with Crippen molar-refractivity contribution in [1.29, 1.82) is 0 Å². The summed E-state index contributed by atoms with van der Waals surface area (Å²) in [6, 6.07) is 7.11. The van der Waals surface area contributed by atoms with Gasteiger partial charge in [-0.05, 0) is 12.1 Å². The Balaban J connectivity index is 3.06. The van der Waals surface area contributed by atoms with Crippen LogP contribution in [0.1, 0.15) is 37.0 Å². The molecule has 0 aliphatic carbocycles. The number of benzene rings is 1. The smallest absolute Gasteiger partial charge is 0.326 e. The molecule has 1 aromatic carbocycles. The number of carbonyl (C=O) groups excluding carboxylic acids is 1. The van der Waals surface area contributed by atoms with Crippen molar-refractivity contribution in [3.8, 4) is 5.75 Å². The van der Waals surface area contributed by atoms with Crippen LogP contribution in [0, 0.1) is 0 Å². The van der Waals surface area contributed by atoms with Gasteiger partial charge in [0.1, 0.15) is 5.75 Å². The van der Waals surface area contributed by atoms with E-state index in [0.717, 1.165) is 0 Å². The van der Waals surface area contributed by atoms with Gasteiger partial charge in [-0.3, -0.25) is 4.79 Å². The molecule has 0 N–H and O–H groups in total. The highest BCUT2D eigenvalue weighted by Gasteiger charge is 2.31. The topological polar surface area (TPSA) is 44.8 Å². The van der Waals surface area contributed by atoms with Gasteiger partial charge < -0.3 is 14.2 Å². The van der Waals surface area contributed by atoms with Crippen molar-refractivity contribution in [3.63, 3.8) is 0 Å². The molecule has 0 heterocycles. The Bertz CT molecular complexity index is 388. The fourth-order valence-electron chi connectivity index (χ4n) is 1.67. The first kappa shape index (κ1) is 14.7. The summed E-state index contributed by atoms with van der Waals surface area (Å²) in [4.78, 5) is 11.8. The standard InChI is InChI=1S/C14H20O4/c1-5-12(15)11-9-7-8-10-13(11)18-14(6-2,16-3)17-4/h7-10H,5-6H2,1-4H3. The van der Waals surface area contributed by atoms with E-state index < -0.39 is 5.97 Å². The first-order valence-electron chi connectivity index (χ1n) is 6.04. The van der Waals surface area contributed by atoms with Crippen molar-refractivity contribution in [1.82, 2.24) is 0 Å². The van der Waals surface area contributed by atoms with Crippen molar-refractivity contribution >= 4 is 5.78 Å². The molecular weight excluding hydrogens is 232 g/mol. The van der Waals surface area contributed by atoms with Crippen molar-refractivity contribution in [3.05, 3.63) is 29.8 Å². The van der Waals surface area contributed by atoms with Crippen LogP contribution in [-0.2, 0) is 9.47 Å². The normalized spacial score (nSPS) is 11.3. The average Bonchev–Trinajstić information content (AvgIpc) is 2.44. The Labute approximate surface area is 108 Å². The summed E-state index contributed by atoms with van der Waals surface area (Å²) >= 11 is 0. The van der Waals surface area contributed by atoms with Gasteiger partial charge in [0.15, 0.2) is 5.78 Å². The average molecular weight is 252 g/mol. The maximum atomic E-state index is 11.8. The Morgan fingerprint density at radius 3 is 2.28 bits per heavy atom. The lowest BCUT2D eigenvalue weighted by Crippen LogP contribution is -2.39. The Morgan fingerprint density at radius 2 is 1.78 bits per heavy atom. The van der Waals surface area contributed by atoms with Crippen LogP contribution in [0.3, 0.4) is 0 Å². The number of hydrogen-bond donors (Lipinski definition) is 0. The van der Waals surface area contributed by atoms with Gasteiger partial charge >= 0.3 is 5.97 Å². The van der Waals surface area contributed by atoms with Gasteiger partial charge in [0.25, 0.3) is 0 Å². The van der Waals surface area contributed by atoms with Crippen molar-refractivity contribution in [2.75, 3.05) is 14.2 Å². The van der Waals surface area contributed by atoms with E-state index in [1.165, 1.54) is 14.2 Å². The molecular formula is C14H20O4. The summed E-state index contributed by atoms with van der Waals surface area (Å²) in [5.74, 6) is -0.637. The zero-order chi connectivity index (χ0) is 13.6. The van der Waals surface area contributed by atoms with Gasteiger partial charge in [-0.1, -0.05) is 26.0 Å². The molecule has 4 heteroatoms. The molecule has 0 unspecified atom stereocenters. The highest BCUT2D eigenvalue weighted by molar-refractivity contribution is 5.98. The number of methoxy groups -OCH3 is 2. The highest BCUT2D eigenvalue weighted by Crippen LogP contribution is 2.27. The van der Waals surface area contributed by atoms with Gasteiger partial charge in [0.2, 0.25) is 0 Å². The van der Waals surface area contributed by atoms with E-state index in [0.29, 0.717) is 24.2 Å². The van der Waals surface area contributed by atoms with E-state index in [9.17, 15) is 4.79 Å². The third kappa shape index (κ3) is 3.09. The first-order valence-corrected chi connectivity index (χ1v) is 6.04. The second kappa shape index (κ2) is 6.52. The molecule has 0 aromatic heterocycles. The molecule has 1 aromatic rings. The van der Waals surface area contributed by atoms with Gasteiger partial charge in [-0.2, -0.15) is 0 Å². The van der Waals surface area contributed by atoms with Crippen LogP contribution in [0.4, 0.5) is 0 Å². The van der Waals surface area contributed by atoms with E-state index in [1.54, 1.807) is 12.1 Å². The van der Waals surface area contributed by atoms with E-state index in [-0.39, 0.29) is 5.78 Å². The number of carbonyl (C=O) groups is 1. The summed E-state index contributed by atoms with van der Waals surface area (Å²) in [5, 5.41) is 0. The fourth-order valence-corrected chi connectivity index (χ4v) is 1.67. The van der Waals surface area contributed by atoms with E-state index in [4.69, 9.17) is 14.2 Å². The molecule has 18 heavy (non-hydrogen) atoms. The number of hydrogen-bond acceptors (Lipinski definition) is 4. The summed E-state index contributed by atoms with van der Waals surface area (Å²) in [5.41, 5.74) is 0.548. The molecule has 0 spiro atoms. The van der Waals surface area contributed by atoms with Crippen LogP contribution in [-0.4, -0.2) is 26.0 Å². The van der Waals surface area contributed by atoms with Crippen LogP contribution in [0.2, 0.25) is 0 Å². The SMILES string of the molecule is CCC(=O)c1ccccc1OC(CC)(OC)OC. The van der Waals surface area contributed by atoms with Crippen LogP contribution < -0.4 is 4.74 Å². The molecule has 100 valence electrons. The predicted octanol–water partition coefficient (Wildman–Crippen LogP) is 3.01. The van der Waals surface area contributed by atoms with Crippen LogP contribution in [0.5, 0.6) is 5.75 Å². The lowest BCUT2D eigenvalue weighted by atomic mass is 10.1. The zero-order valence-corrected chi connectivity index (χ0v) is 11.4. The molecule has 0 amide bonds. The minimum Gasteiger partial charge on any atom is -0.438 e. The first-order chi connectivity index (χ1) is 8.62. The Hall–Kier alpha value is -1.39. The summed E-state index contributed by atoms with van der Waals surface area (Å²) in [7, 11) is 3.02. The van der Waals surface area contributed by atoms with E-state index in [2.05, 4.69) is 0 Å². The molecule has 0 aliphatic rings. The van der Waals surface area contributed by atoms with Gasteiger partial charge in [0, 0.05) is 27.1 Å². The van der Waals surface area contributed by atoms with E-state index >= 15 is 0 Å². The minimum atomic E-state index is -1.15. The monoisotopic (exact) mass is 252 g/mol. The third-order valence-electron chi connectivity index (χ3n) is 2.83. The molecule has 0 atom stereocenters. The second-order valence-electron chi connectivity index (χ2n) is 3.82. The molecule has 0 aliphatic heterocycles. The van der Waals surface area contributed by atoms with Gasteiger partial charge in [-0.15, -0.1) is 0 Å². The van der Waals surface area contributed by atoms with Gasteiger partial charge in [0.05, 0.1) is 5.56 Å². The number of ether oxygens (including phenoxy) is 3. The predicted molar refractivity (Wildman–Crippen MR) is 68.7 cm³/mol. The summed E-state index contributed by atoms with van der Waals surface area (Å²) in [6.45, 7) is 3.70. The van der Waals surface area contributed by atoms with Crippen molar-refractivity contribution < 1.29 is 19.0 Å². The lowest BCUT2D eigenvalue weighted by Gasteiger charge is -2.30.